The molecule has 9 rings (SSSR count). The summed E-state index contributed by atoms with van der Waals surface area (Å²) in [6.45, 7) is 0. The fourth-order valence-corrected chi connectivity index (χ4v) is 5.90. The first kappa shape index (κ1) is 16.3. The highest BCUT2D eigenvalue weighted by Crippen LogP contribution is 2.44. The zero-order valence-corrected chi connectivity index (χ0v) is 24.1. The maximum Gasteiger partial charge on any atom is 0.143 e. The van der Waals surface area contributed by atoms with E-state index in [9.17, 15) is 11.0 Å². The molecule has 0 amide bonds. The fraction of sp³-hybridized carbons (Fsp3) is 0. The lowest BCUT2D eigenvalue weighted by atomic mass is 10.0. The summed E-state index contributed by atoms with van der Waals surface area (Å²) in [6.07, 6.45) is 0. The maximum atomic E-state index is 9.52. The van der Waals surface area contributed by atoms with Gasteiger partial charge < -0.3 is 9.32 Å². The summed E-state index contributed by atoms with van der Waals surface area (Å²) in [7, 11) is 0. The average molecular weight is 601 g/mol. The smallest absolute Gasteiger partial charge is 0.143 e. The lowest BCUT2D eigenvalue weighted by molar-refractivity contribution is 0.672. The van der Waals surface area contributed by atoms with Crippen molar-refractivity contribution in [3.05, 3.63) is 176 Å². The molecular weight excluding hydrogens is 558 g/mol. The number of hydrogen-bond donors (Lipinski definition) is 0. The molecular formula is C44H29NO. The highest BCUT2D eigenvalue weighted by molar-refractivity contribution is 6.19. The van der Waals surface area contributed by atoms with Crippen LogP contribution in [0.4, 0.5) is 17.1 Å². The summed E-state index contributed by atoms with van der Waals surface area (Å²) in [5, 5.41) is 4.43. The van der Waals surface area contributed by atoms with E-state index < -0.39 is 95.4 Å². The molecule has 8 aromatic carbocycles. The summed E-state index contributed by atoms with van der Waals surface area (Å²) in [5.41, 5.74) is -0.422. The van der Waals surface area contributed by atoms with E-state index in [1.165, 1.54) is 4.90 Å². The Morgan fingerprint density at radius 2 is 1.09 bits per heavy atom. The second-order valence-electron chi connectivity index (χ2n) is 10.8. The van der Waals surface area contributed by atoms with Gasteiger partial charge in [0.25, 0.3) is 0 Å². The molecule has 1 heterocycles. The van der Waals surface area contributed by atoms with Crippen LogP contribution >= 0.6 is 0 Å². The van der Waals surface area contributed by atoms with E-state index in [2.05, 4.69) is 0 Å². The molecule has 2 nitrogen and oxygen atoms in total. The Morgan fingerprint density at radius 3 is 1.85 bits per heavy atom. The maximum absolute atomic E-state index is 9.52. The van der Waals surface area contributed by atoms with Crippen molar-refractivity contribution in [3.63, 3.8) is 0 Å². The van der Waals surface area contributed by atoms with Crippen LogP contribution in [0.1, 0.15) is 17.8 Å². The lowest BCUT2D eigenvalue weighted by Gasteiger charge is -2.26. The van der Waals surface area contributed by atoms with Crippen LogP contribution in [-0.2, 0) is 0 Å². The molecule has 0 aliphatic heterocycles. The molecule has 0 unspecified atom stereocenters. The normalized spacial score (nSPS) is 15.4. The van der Waals surface area contributed by atoms with Crippen LogP contribution in [0.5, 0.6) is 0 Å². The average Bonchev–Trinajstić information content (AvgIpc) is 3.64. The van der Waals surface area contributed by atoms with Crippen molar-refractivity contribution >= 4 is 60.5 Å². The van der Waals surface area contributed by atoms with E-state index in [-0.39, 0.29) is 16.9 Å². The van der Waals surface area contributed by atoms with E-state index >= 15 is 0 Å². The Morgan fingerprint density at radius 1 is 0.457 bits per heavy atom. The van der Waals surface area contributed by atoms with Crippen LogP contribution < -0.4 is 4.90 Å². The highest BCUT2D eigenvalue weighted by Gasteiger charge is 2.20. The Kier molecular flexibility index (Phi) is 3.82. The number of hydrogen-bond acceptors (Lipinski definition) is 2. The van der Waals surface area contributed by atoms with E-state index in [4.69, 9.17) is 11.3 Å². The van der Waals surface area contributed by atoms with Gasteiger partial charge in [0.05, 0.1) is 28.9 Å². The number of anilines is 3. The van der Waals surface area contributed by atoms with Crippen molar-refractivity contribution in [2.24, 2.45) is 0 Å². The Bertz CT molecular complexity index is 3200. The minimum absolute atomic E-state index is 0.0176. The van der Waals surface area contributed by atoms with Gasteiger partial charge in [0, 0.05) is 22.1 Å². The zero-order valence-electron chi connectivity index (χ0n) is 37.1. The highest BCUT2D eigenvalue weighted by atomic mass is 16.3. The van der Waals surface area contributed by atoms with E-state index in [0.717, 1.165) is 21.5 Å². The van der Waals surface area contributed by atoms with Gasteiger partial charge in [-0.3, -0.25) is 0 Å². The molecule has 0 aliphatic rings. The van der Waals surface area contributed by atoms with Crippen molar-refractivity contribution in [2.45, 2.75) is 0 Å². The summed E-state index contributed by atoms with van der Waals surface area (Å²) in [6, 6.07) is 20.7. The molecule has 2 heteroatoms. The van der Waals surface area contributed by atoms with Gasteiger partial charge in [0.15, 0.2) is 0 Å². The SMILES string of the molecule is [2H]c1c([2H])c([2H])c(-c2c([2H])c([2H])c(N(c3c([2H])c([2H])c(-c4ccc5ccccc5c4)c([2H])c3[2H])c3cccc4oc5c6ccccc6ccc5c34)c([2H])c2[2H])c([2H])c1[2H]. The summed E-state index contributed by atoms with van der Waals surface area (Å²) >= 11 is 0. The van der Waals surface area contributed by atoms with Crippen LogP contribution in [0.15, 0.2) is 180 Å². The van der Waals surface area contributed by atoms with Gasteiger partial charge in [-0.1, -0.05) is 127 Å². The quantitative estimate of drug-likeness (QED) is 0.195. The van der Waals surface area contributed by atoms with Crippen LogP contribution in [0.25, 0.3) is 65.7 Å². The molecule has 9 aromatic rings. The predicted octanol–water partition coefficient (Wildman–Crippen LogP) is 12.7. The number of furan rings is 1. The minimum atomic E-state index is -0.747. The molecule has 216 valence electrons. The number of nitrogens with zero attached hydrogens (tertiary/aromatic N) is 1. The van der Waals surface area contributed by atoms with Crippen molar-refractivity contribution in [1.82, 2.24) is 0 Å². The van der Waals surface area contributed by atoms with Gasteiger partial charge in [0.1, 0.15) is 11.2 Å². The third-order valence-electron chi connectivity index (χ3n) is 8.07. The molecule has 0 spiro atoms. The number of rotatable bonds is 5. The molecule has 0 radical (unpaired) electrons. The molecule has 0 N–H and O–H groups in total. The minimum Gasteiger partial charge on any atom is -0.455 e. The zero-order chi connectivity index (χ0) is 41.8. The van der Waals surface area contributed by atoms with Gasteiger partial charge in [0.2, 0.25) is 0 Å². The molecule has 0 saturated carbocycles. The molecule has 46 heavy (non-hydrogen) atoms. The first-order chi connectivity index (χ1) is 28.2. The van der Waals surface area contributed by atoms with Crippen LogP contribution in [0.3, 0.4) is 0 Å². The molecule has 0 fully saturated rings. The molecule has 0 saturated heterocycles. The molecule has 0 bridgehead atoms. The van der Waals surface area contributed by atoms with E-state index in [0.29, 0.717) is 27.5 Å². The van der Waals surface area contributed by atoms with Crippen molar-refractivity contribution in [1.29, 1.82) is 0 Å². The van der Waals surface area contributed by atoms with Crippen LogP contribution in [0.2, 0.25) is 0 Å². The number of benzene rings is 8. The summed E-state index contributed by atoms with van der Waals surface area (Å²) in [4.78, 5) is 1.18. The Balaban J connectivity index is 1.39. The largest absolute Gasteiger partial charge is 0.455 e. The van der Waals surface area contributed by atoms with Crippen molar-refractivity contribution in [3.8, 4) is 22.3 Å². The van der Waals surface area contributed by atoms with Gasteiger partial charge >= 0.3 is 0 Å². The van der Waals surface area contributed by atoms with E-state index in [1.807, 2.05) is 66.7 Å². The molecule has 1 aromatic heterocycles. The Labute approximate surface area is 285 Å². The monoisotopic (exact) mass is 600 g/mol. The first-order valence-corrected chi connectivity index (χ1v) is 14.6. The fourth-order valence-electron chi connectivity index (χ4n) is 5.90. The van der Waals surface area contributed by atoms with E-state index in [1.54, 1.807) is 30.3 Å². The predicted molar refractivity (Wildman–Crippen MR) is 194 cm³/mol. The standard InChI is InChI=1S/C44H29NO/c1-2-9-30(10-3-1)32-19-24-37(25-20-32)45(38-26-21-33(22-27-38)36-18-17-31-11-4-5-13-35(31)29-36)41-15-8-16-42-43(41)40-28-23-34-12-6-7-14-39(34)44(40)46-42/h1-29H/i1D,2D,3D,9D,10D,19D,20D,21D,22D,24D,25D,26D,27D. The first-order valence-electron chi connectivity index (χ1n) is 21.1. The van der Waals surface area contributed by atoms with Crippen molar-refractivity contribution in [2.75, 3.05) is 4.90 Å². The molecule has 0 atom stereocenters. The van der Waals surface area contributed by atoms with Gasteiger partial charge in [-0.2, -0.15) is 0 Å². The van der Waals surface area contributed by atoms with Crippen LogP contribution in [-0.4, -0.2) is 0 Å². The van der Waals surface area contributed by atoms with Crippen molar-refractivity contribution < 1.29 is 22.2 Å². The lowest BCUT2D eigenvalue weighted by Crippen LogP contribution is -2.10. The topological polar surface area (TPSA) is 16.4 Å². The van der Waals surface area contributed by atoms with Crippen LogP contribution in [0, 0.1) is 0 Å². The summed E-state index contributed by atoms with van der Waals surface area (Å²) in [5.74, 6) is 0. The Hall–Kier alpha value is -6.12. The second-order valence-corrected chi connectivity index (χ2v) is 10.8. The third kappa shape index (κ3) is 4.43. The second kappa shape index (κ2) is 10.8. The summed E-state index contributed by atoms with van der Waals surface area (Å²) < 4.78 is 123. The molecule has 0 aliphatic carbocycles. The third-order valence-corrected chi connectivity index (χ3v) is 8.07. The van der Waals surface area contributed by atoms with Gasteiger partial charge in [-0.05, 0) is 86.8 Å². The van der Waals surface area contributed by atoms with Gasteiger partial charge in [-0.15, -0.1) is 0 Å². The number of fused-ring (bicyclic) bond motifs is 6. The van der Waals surface area contributed by atoms with Gasteiger partial charge in [-0.25, -0.2) is 0 Å².